The lowest BCUT2D eigenvalue weighted by atomic mass is 9.93. The fourth-order valence-electron chi connectivity index (χ4n) is 2.97. The summed E-state index contributed by atoms with van der Waals surface area (Å²) in [6.07, 6.45) is 1.84. The van der Waals surface area contributed by atoms with Crippen LogP contribution in [0.5, 0.6) is 0 Å². The quantitative estimate of drug-likeness (QED) is 0.898. The molecule has 1 saturated heterocycles. The van der Waals surface area contributed by atoms with Gasteiger partial charge >= 0.3 is 0 Å². The van der Waals surface area contributed by atoms with Crippen LogP contribution < -0.4 is 5.73 Å². The number of nitrogens with zero attached hydrogens (tertiary/aromatic N) is 1. The molecule has 0 aliphatic carbocycles. The van der Waals surface area contributed by atoms with E-state index in [-0.39, 0.29) is 17.9 Å². The number of carbonyl (C=O) groups is 1. The van der Waals surface area contributed by atoms with Crippen LogP contribution in [0.1, 0.15) is 18.9 Å². The molecule has 1 aliphatic heterocycles. The van der Waals surface area contributed by atoms with E-state index in [1.54, 1.807) is 7.11 Å². The van der Waals surface area contributed by atoms with Crippen molar-refractivity contribution in [3.63, 3.8) is 0 Å². The van der Waals surface area contributed by atoms with Crippen molar-refractivity contribution in [2.75, 3.05) is 26.7 Å². The number of carbonyl (C=O) groups excluding carboxylic acids is 1. The zero-order valence-electron chi connectivity index (χ0n) is 13.0. The lowest BCUT2D eigenvalue weighted by Crippen LogP contribution is -2.49. The van der Waals surface area contributed by atoms with E-state index in [0.717, 1.165) is 18.5 Å². The molecule has 116 valence electrons. The molecule has 0 spiro atoms. The Kier molecular flexibility index (Phi) is 5.76. The van der Waals surface area contributed by atoms with Gasteiger partial charge in [0.15, 0.2) is 0 Å². The maximum atomic E-state index is 12.7. The average molecular weight is 290 g/mol. The van der Waals surface area contributed by atoms with Gasteiger partial charge in [0, 0.05) is 26.7 Å². The van der Waals surface area contributed by atoms with Gasteiger partial charge in [0.2, 0.25) is 5.91 Å². The van der Waals surface area contributed by atoms with Gasteiger partial charge in [-0.25, -0.2) is 0 Å². The summed E-state index contributed by atoms with van der Waals surface area (Å²) in [6, 6.07) is 10.1. The largest absolute Gasteiger partial charge is 0.379 e. The molecule has 3 atom stereocenters. The average Bonchev–Trinajstić information content (AvgIpc) is 2.53. The molecule has 2 rings (SSSR count). The van der Waals surface area contributed by atoms with E-state index in [1.165, 1.54) is 0 Å². The van der Waals surface area contributed by atoms with Crippen LogP contribution in [-0.4, -0.2) is 43.7 Å². The summed E-state index contributed by atoms with van der Waals surface area (Å²) >= 11 is 0. The molecule has 4 heteroatoms. The van der Waals surface area contributed by atoms with Crippen LogP contribution in [0.3, 0.4) is 0 Å². The number of likely N-dealkylation sites (tertiary alicyclic amines) is 1. The Morgan fingerprint density at radius 2 is 2.14 bits per heavy atom. The molecule has 21 heavy (non-hydrogen) atoms. The van der Waals surface area contributed by atoms with Crippen molar-refractivity contribution in [1.29, 1.82) is 0 Å². The Hall–Kier alpha value is -1.39. The molecule has 1 amide bonds. The number of ether oxygens (including phenoxy) is 1. The molecule has 0 bridgehead atoms. The van der Waals surface area contributed by atoms with Gasteiger partial charge in [-0.15, -0.1) is 0 Å². The van der Waals surface area contributed by atoms with Gasteiger partial charge in [-0.2, -0.15) is 0 Å². The van der Waals surface area contributed by atoms with E-state index in [2.05, 4.69) is 6.92 Å². The SMILES string of the molecule is COC1CN(C(=O)C(CN)Cc2ccccc2)CCC1C. The van der Waals surface area contributed by atoms with Crippen molar-refractivity contribution in [2.24, 2.45) is 17.6 Å². The molecule has 1 aliphatic rings. The Balaban J connectivity index is 1.99. The predicted octanol–water partition coefficient (Wildman–Crippen LogP) is 1.69. The summed E-state index contributed by atoms with van der Waals surface area (Å²) in [5.74, 6) is 0.526. The van der Waals surface area contributed by atoms with Gasteiger partial charge in [0.25, 0.3) is 0 Å². The molecule has 4 nitrogen and oxygen atoms in total. The molecule has 1 aromatic rings. The number of methoxy groups -OCH3 is 1. The molecule has 1 heterocycles. The number of rotatable bonds is 5. The fraction of sp³-hybridized carbons (Fsp3) is 0.588. The minimum Gasteiger partial charge on any atom is -0.379 e. The molecule has 3 unspecified atom stereocenters. The smallest absolute Gasteiger partial charge is 0.227 e. The second kappa shape index (κ2) is 7.57. The zero-order chi connectivity index (χ0) is 15.2. The number of nitrogens with two attached hydrogens (primary N) is 1. The van der Waals surface area contributed by atoms with E-state index >= 15 is 0 Å². The van der Waals surface area contributed by atoms with Crippen molar-refractivity contribution < 1.29 is 9.53 Å². The fourth-order valence-corrected chi connectivity index (χ4v) is 2.97. The molecule has 2 N–H and O–H groups in total. The Labute approximate surface area is 127 Å². The lowest BCUT2D eigenvalue weighted by molar-refractivity contribution is -0.140. The standard InChI is InChI=1S/C17H26N2O2/c1-13-8-9-19(12-16(13)21-2)17(20)15(11-18)10-14-6-4-3-5-7-14/h3-7,13,15-16H,8-12,18H2,1-2H3. The highest BCUT2D eigenvalue weighted by atomic mass is 16.5. The molecule has 1 aromatic carbocycles. The number of hydrogen-bond donors (Lipinski definition) is 1. The van der Waals surface area contributed by atoms with Crippen LogP contribution in [0, 0.1) is 11.8 Å². The second-order valence-corrected chi connectivity index (χ2v) is 5.95. The molecule has 0 saturated carbocycles. The van der Waals surface area contributed by atoms with E-state index in [0.29, 0.717) is 25.4 Å². The highest BCUT2D eigenvalue weighted by molar-refractivity contribution is 5.79. The Bertz CT molecular complexity index is 449. The van der Waals surface area contributed by atoms with Crippen molar-refractivity contribution >= 4 is 5.91 Å². The van der Waals surface area contributed by atoms with Gasteiger partial charge in [0.05, 0.1) is 12.0 Å². The van der Waals surface area contributed by atoms with Crippen molar-refractivity contribution in [1.82, 2.24) is 4.90 Å². The molecule has 0 aromatic heterocycles. The first-order valence-electron chi connectivity index (χ1n) is 7.71. The van der Waals surface area contributed by atoms with Gasteiger partial charge in [-0.05, 0) is 24.3 Å². The van der Waals surface area contributed by atoms with Gasteiger partial charge in [-0.1, -0.05) is 37.3 Å². The van der Waals surface area contributed by atoms with Crippen molar-refractivity contribution in [3.05, 3.63) is 35.9 Å². The first kappa shape index (κ1) is 16.0. The zero-order valence-corrected chi connectivity index (χ0v) is 13.0. The van der Waals surface area contributed by atoms with Gasteiger partial charge < -0.3 is 15.4 Å². The molecule has 0 radical (unpaired) electrons. The summed E-state index contributed by atoms with van der Waals surface area (Å²) in [5.41, 5.74) is 7.01. The van der Waals surface area contributed by atoms with Gasteiger partial charge in [-0.3, -0.25) is 4.79 Å². The van der Waals surface area contributed by atoms with E-state index in [9.17, 15) is 4.79 Å². The topological polar surface area (TPSA) is 55.6 Å². The second-order valence-electron chi connectivity index (χ2n) is 5.95. The number of benzene rings is 1. The predicted molar refractivity (Wildman–Crippen MR) is 83.8 cm³/mol. The minimum atomic E-state index is -0.140. The maximum Gasteiger partial charge on any atom is 0.227 e. The highest BCUT2D eigenvalue weighted by Crippen LogP contribution is 2.21. The number of piperidine rings is 1. The summed E-state index contributed by atoms with van der Waals surface area (Å²) in [4.78, 5) is 14.6. The van der Waals surface area contributed by atoms with Crippen LogP contribution in [0.2, 0.25) is 0 Å². The monoisotopic (exact) mass is 290 g/mol. The van der Waals surface area contributed by atoms with E-state index in [1.807, 2.05) is 35.2 Å². The highest BCUT2D eigenvalue weighted by Gasteiger charge is 2.31. The molecular formula is C17H26N2O2. The van der Waals surface area contributed by atoms with Crippen molar-refractivity contribution in [3.8, 4) is 0 Å². The first-order valence-corrected chi connectivity index (χ1v) is 7.71. The van der Waals surface area contributed by atoms with Crippen LogP contribution in [0.25, 0.3) is 0 Å². The molecular weight excluding hydrogens is 264 g/mol. The number of amides is 1. The van der Waals surface area contributed by atoms with Crippen LogP contribution in [-0.2, 0) is 16.0 Å². The summed E-state index contributed by atoms with van der Waals surface area (Å²) < 4.78 is 5.49. The molecule has 1 fully saturated rings. The van der Waals surface area contributed by atoms with Crippen LogP contribution >= 0.6 is 0 Å². The minimum absolute atomic E-state index is 0.137. The third-order valence-corrected chi connectivity index (χ3v) is 4.46. The van der Waals surface area contributed by atoms with E-state index < -0.39 is 0 Å². The first-order chi connectivity index (χ1) is 10.2. The summed E-state index contributed by atoms with van der Waals surface area (Å²) in [6.45, 7) is 4.06. The van der Waals surface area contributed by atoms with Crippen LogP contribution in [0.15, 0.2) is 30.3 Å². The third-order valence-electron chi connectivity index (χ3n) is 4.46. The maximum absolute atomic E-state index is 12.7. The van der Waals surface area contributed by atoms with Crippen molar-refractivity contribution in [2.45, 2.75) is 25.9 Å². The van der Waals surface area contributed by atoms with Gasteiger partial charge in [0.1, 0.15) is 0 Å². The summed E-state index contributed by atoms with van der Waals surface area (Å²) in [7, 11) is 1.72. The normalized spacial score (nSPS) is 23.9. The Morgan fingerprint density at radius 1 is 1.43 bits per heavy atom. The summed E-state index contributed by atoms with van der Waals surface area (Å²) in [5, 5.41) is 0. The number of hydrogen-bond acceptors (Lipinski definition) is 3. The lowest BCUT2D eigenvalue weighted by Gasteiger charge is -2.37. The van der Waals surface area contributed by atoms with Crippen LogP contribution in [0.4, 0.5) is 0 Å². The van der Waals surface area contributed by atoms with E-state index in [4.69, 9.17) is 10.5 Å². The third kappa shape index (κ3) is 4.05. The Morgan fingerprint density at radius 3 is 2.76 bits per heavy atom.